The van der Waals surface area contributed by atoms with Crippen LogP contribution in [-0.2, 0) is 0 Å². The van der Waals surface area contributed by atoms with Crippen molar-refractivity contribution in [3.05, 3.63) is 58.1 Å². The van der Waals surface area contributed by atoms with Crippen molar-refractivity contribution in [2.24, 2.45) is 11.8 Å². The van der Waals surface area contributed by atoms with E-state index in [4.69, 9.17) is 4.74 Å². The molecular weight excluding hydrogens is 420 g/mol. The van der Waals surface area contributed by atoms with Crippen molar-refractivity contribution >= 4 is 23.0 Å². The molecule has 0 aliphatic carbocycles. The van der Waals surface area contributed by atoms with Crippen molar-refractivity contribution in [2.75, 3.05) is 43.4 Å². The van der Waals surface area contributed by atoms with Gasteiger partial charge in [0.25, 0.3) is 11.6 Å². The second-order valence-electron chi connectivity index (χ2n) is 8.89. The van der Waals surface area contributed by atoms with Gasteiger partial charge in [-0.05, 0) is 74.5 Å². The molecule has 1 aliphatic heterocycles. The highest BCUT2D eigenvalue weighted by molar-refractivity contribution is 6.05. The molecule has 178 valence electrons. The van der Waals surface area contributed by atoms with E-state index in [-0.39, 0.29) is 11.3 Å². The number of nitrogens with one attached hydrogen (secondary N) is 2. The molecule has 2 N–H and O–H groups in total. The summed E-state index contributed by atoms with van der Waals surface area (Å²) in [4.78, 5) is 26.2. The van der Waals surface area contributed by atoms with Gasteiger partial charge in [-0.25, -0.2) is 0 Å². The van der Waals surface area contributed by atoms with Crippen LogP contribution in [0.2, 0.25) is 0 Å². The van der Waals surface area contributed by atoms with E-state index in [9.17, 15) is 14.9 Å². The zero-order chi connectivity index (χ0) is 23.8. The van der Waals surface area contributed by atoms with Crippen LogP contribution in [0, 0.1) is 22.0 Å². The van der Waals surface area contributed by atoms with Crippen LogP contribution in [0.25, 0.3) is 0 Å². The smallest absolute Gasteiger partial charge is 0.293 e. The fraction of sp³-hybridized carbons (Fsp3) is 0.480. The average Bonchev–Trinajstić information content (AvgIpc) is 2.77. The van der Waals surface area contributed by atoms with E-state index in [1.807, 2.05) is 6.92 Å². The zero-order valence-corrected chi connectivity index (χ0v) is 19.7. The summed E-state index contributed by atoms with van der Waals surface area (Å²) in [7, 11) is 0. The number of ether oxygens (including phenoxy) is 1. The number of anilines is 2. The van der Waals surface area contributed by atoms with Crippen LogP contribution in [0.3, 0.4) is 0 Å². The number of benzene rings is 2. The number of carbonyl (C=O) groups excluding carboxylic acids is 1. The topological polar surface area (TPSA) is 96.7 Å². The van der Waals surface area contributed by atoms with Crippen LogP contribution in [0.5, 0.6) is 5.75 Å². The standard InChI is InChI=1S/C25H34N4O4/c1-4-33-22-9-7-21(8-10-22)27-25(30)20-6-11-23(24(15-20)29(31)32)26-12-5-13-28-16-18(2)14-19(3)17-28/h6-11,15,18-19,26H,4-5,12-14,16-17H2,1-3H3,(H,27,30)/t18-,19+. The van der Waals surface area contributed by atoms with Gasteiger partial charge in [-0.2, -0.15) is 0 Å². The van der Waals surface area contributed by atoms with E-state index in [1.165, 1.54) is 12.5 Å². The third-order valence-electron chi connectivity index (χ3n) is 5.79. The highest BCUT2D eigenvalue weighted by Crippen LogP contribution is 2.27. The number of piperidine rings is 1. The van der Waals surface area contributed by atoms with Crippen LogP contribution in [0.15, 0.2) is 42.5 Å². The first-order valence-corrected chi connectivity index (χ1v) is 11.6. The number of hydrogen-bond acceptors (Lipinski definition) is 6. The quantitative estimate of drug-likeness (QED) is 0.297. The number of rotatable bonds is 10. The summed E-state index contributed by atoms with van der Waals surface area (Å²) < 4.78 is 5.39. The Balaban J connectivity index is 1.56. The Morgan fingerprint density at radius 3 is 2.48 bits per heavy atom. The van der Waals surface area contributed by atoms with Crippen molar-refractivity contribution in [1.29, 1.82) is 0 Å². The second-order valence-corrected chi connectivity index (χ2v) is 8.89. The number of amides is 1. The molecule has 0 radical (unpaired) electrons. The molecule has 1 amide bonds. The summed E-state index contributed by atoms with van der Waals surface area (Å²) >= 11 is 0. The number of hydrogen-bond donors (Lipinski definition) is 2. The fourth-order valence-electron chi connectivity index (χ4n) is 4.48. The van der Waals surface area contributed by atoms with Crippen LogP contribution < -0.4 is 15.4 Å². The summed E-state index contributed by atoms with van der Waals surface area (Å²) in [6, 6.07) is 11.5. The van der Waals surface area contributed by atoms with E-state index < -0.39 is 10.8 Å². The monoisotopic (exact) mass is 454 g/mol. The Morgan fingerprint density at radius 1 is 1.15 bits per heavy atom. The van der Waals surface area contributed by atoms with Crippen molar-refractivity contribution in [3.63, 3.8) is 0 Å². The van der Waals surface area contributed by atoms with E-state index in [1.54, 1.807) is 36.4 Å². The minimum atomic E-state index is -0.454. The largest absolute Gasteiger partial charge is 0.494 e. The van der Waals surface area contributed by atoms with Gasteiger partial charge in [0, 0.05) is 37.0 Å². The first kappa shape index (κ1) is 24.5. The summed E-state index contributed by atoms with van der Waals surface area (Å²) in [5.41, 5.74) is 1.15. The van der Waals surface area contributed by atoms with E-state index >= 15 is 0 Å². The van der Waals surface area contributed by atoms with Gasteiger partial charge in [0.1, 0.15) is 11.4 Å². The van der Waals surface area contributed by atoms with Gasteiger partial charge >= 0.3 is 0 Å². The predicted octanol–water partition coefficient (Wildman–Crippen LogP) is 5.03. The van der Waals surface area contributed by atoms with Crippen LogP contribution >= 0.6 is 0 Å². The van der Waals surface area contributed by atoms with Crippen LogP contribution in [0.1, 0.15) is 44.0 Å². The maximum atomic E-state index is 12.6. The molecule has 0 saturated carbocycles. The molecule has 1 saturated heterocycles. The molecule has 2 aromatic carbocycles. The Kier molecular flexibility index (Phi) is 8.65. The van der Waals surface area contributed by atoms with E-state index in [0.717, 1.165) is 26.1 Å². The number of nitro groups is 1. The molecule has 8 nitrogen and oxygen atoms in total. The Hall–Kier alpha value is -3.13. The SMILES string of the molecule is CCOc1ccc(NC(=O)c2ccc(NCCCN3C[C@H](C)C[C@H](C)C3)c([N+](=O)[O-])c2)cc1. The maximum absolute atomic E-state index is 12.6. The molecule has 2 aromatic rings. The molecule has 0 bridgehead atoms. The molecule has 8 heteroatoms. The third kappa shape index (κ3) is 7.18. The van der Waals surface area contributed by atoms with Crippen molar-refractivity contribution in [3.8, 4) is 5.75 Å². The minimum Gasteiger partial charge on any atom is -0.494 e. The second kappa shape index (κ2) is 11.7. The lowest BCUT2D eigenvalue weighted by Gasteiger charge is -2.34. The highest BCUT2D eigenvalue weighted by atomic mass is 16.6. The average molecular weight is 455 g/mol. The van der Waals surface area contributed by atoms with Gasteiger partial charge in [-0.3, -0.25) is 14.9 Å². The lowest BCUT2D eigenvalue weighted by molar-refractivity contribution is -0.384. The van der Waals surface area contributed by atoms with Gasteiger partial charge < -0.3 is 20.3 Å². The first-order chi connectivity index (χ1) is 15.9. The Bertz CT molecular complexity index is 938. The van der Waals surface area contributed by atoms with E-state index in [2.05, 4.69) is 29.4 Å². The number of carbonyl (C=O) groups is 1. The van der Waals surface area contributed by atoms with Crippen molar-refractivity contribution in [2.45, 2.75) is 33.6 Å². The maximum Gasteiger partial charge on any atom is 0.293 e. The number of nitrogens with zero attached hydrogens (tertiary/aromatic N) is 2. The van der Waals surface area contributed by atoms with E-state index in [0.29, 0.717) is 42.1 Å². The number of nitro benzene ring substituents is 1. The number of likely N-dealkylation sites (tertiary alicyclic amines) is 1. The summed E-state index contributed by atoms with van der Waals surface area (Å²) in [6.07, 6.45) is 2.18. The highest BCUT2D eigenvalue weighted by Gasteiger charge is 2.21. The first-order valence-electron chi connectivity index (χ1n) is 11.6. The lowest BCUT2D eigenvalue weighted by atomic mass is 9.92. The molecule has 2 atom stereocenters. The van der Waals surface area contributed by atoms with Gasteiger partial charge in [0.05, 0.1) is 11.5 Å². The van der Waals surface area contributed by atoms with Gasteiger partial charge in [-0.1, -0.05) is 13.8 Å². The normalized spacial score (nSPS) is 18.5. The lowest BCUT2D eigenvalue weighted by Crippen LogP contribution is -2.39. The van der Waals surface area contributed by atoms with Gasteiger partial charge in [0.2, 0.25) is 0 Å². The molecule has 1 aliphatic rings. The predicted molar refractivity (Wildman–Crippen MR) is 131 cm³/mol. The molecular formula is C25H34N4O4. The molecule has 0 aromatic heterocycles. The molecule has 1 heterocycles. The molecule has 1 fully saturated rings. The third-order valence-corrected chi connectivity index (χ3v) is 5.79. The molecule has 0 spiro atoms. The van der Waals surface area contributed by atoms with Crippen molar-refractivity contribution in [1.82, 2.24) is 4.90 Å². The van der Waals surface area contributed by atoms with Crippen LogP contribution in [0.4, 0.5) is 17.1 Å². The molecule has 3 rings (SSSR count). The van der Waals surface area contributed by atoms with Gasteiger partial charge in [0.15, 0.2) is 0 Å². The molecule has 33 heavy (non-hydrogen) atoms. The fourth-order valence-corrected chi connectivity index (χ4v) is 4.48. The summed E-state index contributed by atoms with van der Waals surface area (Å²) in [5, 5.41) is 17.6. The minimum absolute atomic E-state index is 0.102. The summed E-state index contributed by atoms with van der Waals surface area (Å²) in [6.45, 7) is 10.9. The van der Waals surface area contributed by atoms with Crippen molar-refractivity contribution < 1.29 is 14.5 Å². The summed E-state index contributed by atoms with van der Waals surface area (Å²) in [5.74, 6) is 1.74. The van der Waals surface area contributed by atoms with Gasteiger partial charge in [-0.15, -0.1) is 0 Å². The Labute approximate surface area is 195 Å². The Morgan fingerprint density at radius 2 is 1.85 bits per heavy atom. The molecule has 0 unspecified atom stereocenters. The zero-order valence-electron chi connectivity index (χ0n) is 19.7. The van der Waals surface area contributed by atoms with Crippen LogP contribution in [-0.4, -0.2) is 48.5 Å².